The zero-order valence-electron chi connectivity index (χ0n) is 21.5. The lowest BCUT2D eigenvalue weighted by molar-refractivity contribution is -0.142. The molecular weight excluding hydrogens is 488 g/mol. The summed E-state index contributed by atoms with van der Waals surface area (Å²) in [6.07, 6.45) is 3.37. The highest BCUT2D eigenvalue weighted by Gasteiger charge is 2.30. The fourth-order valence-electron chi connectivity index (χ4n) is 3.97. The van der Waals surface area contributed by atoms with Crippen molar-refractivity contribution in [2.45, 2.75) is 45.2 Å². The predicted molar refractivity (Wildman–Crippen MR) is 147 cm³/mol. The summed E-state index contributed by atoms with van der Waals surface area (Å²) < 4.78 is 11.0. The number of unbranched alkanes of at least 4 members (excludes halogenated alkanes) is 2. The van der Waals surface area contributed by atoms with Crippen LogP contribution in [0.2, 0.25) is 5.02 Å². The molecule has 0 aliphatic heterocycles. The Hall–Kier alpha value is -3.51. The lowest BCUT2D eigenvalue weighted by atomic mass is 10.0. The summed E-state index contributed by atoms with van der Waals surface area (Å²) in [5.41, 5.74) is 1.85. The van der Waals surface area contributed by atoms with Gasteiger partial charge in [-0.1, -0.05) is 86.0 Å². The van der Waals surface area contributed by atoms with Crippen LogP contribution in [0.1, 0.15) is 37.3 Å². The van der Waals surface area contributed by atoms with Gasteiger partial charge in [-0.2, -0.15) is 0 Å². The summed E-state index contributed by atoms with van der Waals surface area (Å²) in [6.45, 7) is 2.69. The normalized spacial score (nSPS) is 11.4. The van der Waals surface area contributed by atoms with E-state index >= 15 is 0 Å². The Labute approximate surface area is 224 Å². The van der Waals surface area contributed by atoms with Gasteiger partial charge in [-0.15, -0.1) is 0 Å². The average molecular weight is 523 g/mol. The van der Waals surface area contributed by atoms with Crippen molar-refractivity contribution in [1.29, 1.82) is 0 Å². The predicted octanol–water partition coefficient (Wildman–Crippen LogP) is 5.67. The standard InChI is InChI=1S/C30H35ClN2O4/c1-3-4-10-19-32-30(35)27(20-23-11-6-5-7-12-23)33(21-24-15-17-25(36-2)18-16-24)29(34)22-37-28-14-9-8-13-26(28)31/h5-9,11-18,27H,3-4,10,19-22H2,1-2H3,(H,32,35)/t27-/m1/s1. The molecule has 0 bridgehead atoms. The minimum atomic E-state index is -0.714. The third-order valence-electron chi connectivity index (χ3n) is 6.05. The molecule has 1 atom stereocenters. The van der Waals surface area contributed by atoms with Crippen molar-refractivity contribution in [1.82, 2.24) is 10.2 Å². The second kappa shape index (κ2) is 14.9. The number of hydrogen-bond acceptors (Lipinski definition) is 4. The first kappa shape index (κ1) is 28.1. The number of hydrogen-bond donors (Lipinski definition) is 1. The molecule has 0 aliphatic carbocycles. The smallest absolute Gasteiger partial charge is 0.261 e. The van der Waals surface area contributed by atoms with E-state index in [1.165, 1.54) is 0 Å². The number of nitrogens with zero attached hydrogens (tertiary/aromatic N) is 1. The van der Waals surface area contributed by atoms with E-state index in [-0.39, 0.29) is 25.0 Å². The van der Waals surface area contributed by atoms with Crippen molar-refractivity contribution >= 4 is 23.4 Å². The second-order valence-electron chi connectivity index (χ2n) is 8.79. The Balaban J connectivity index is 1.87. The molecule has 7 heteroatoms. The summed E-state index contributed by atoms with van der Waals surface area (Å²) in [5.74, 6) is 0.656. The molecule has 3 aromatic rings. The van der Waals surface area contributed by atoms with E-state index < -0.39 is 6.04 Å². The van der Waals surface area contributed by atoms with Gasteiger partial charge in [-0.3, -0.25) is 9.59 Å². The van der Waals surface area contributed by atoms with E-state index in [1.807, 2.05) is 54.6 Å². The maximum absolute atomic E-state index is 13.6. The van der Waals surface area contributed by atoms with Gasteiger partial charge >= 0.3 is 0 Å². The Bertz CT molecular complexity index is 1120. The first-order valence-corrected chi connectivity index (χ1v) is 13.0. The number of nitrogens with one attached hydrogen (secondary N) is 1. The Kier molecular flexibility index (Phi) is 11.3. The van der Waals surface area contributed by atoms with Gasteiger partial charge < -0.3 is 19.7 Å². The lowest BCUT2D eigenvalue weighted by Crippen LogP contribution is -2.51. The van der Waals surface area contributed by atoms with Gasteiger partial charge in [0.25, 0.3) is 5.91 Å². The van der Waals surface area contributed by atoms with Crippen molar-refractivity contribution in [3.63, 3.8) is 0 Å². The molecule has 0 fully saturated rings. The fourth-order valence-corrected chi connectivity index (χ4v) is 4.16. The van der Waals surface area contributed by atoms with Gasteiger partial charge in [0.1, 0.15) is 17.5 Å². The maximum atomic E-state index is 13.6. The van der Waals surface area contributed by atoms with Gasteiger partial charge in [-0.05, 0) is 41.8 Å². The molecule has 196 valence electrons. The van der Waals surface area contributed by atoms with Crippen LogP contribution in [0.15, 0.2) is 78.9 Å². The fraction of sp³-hybridized carbons (Fsp3) is 0.333. The quantitative estimate of drug-likeness (QED) is 0.277. The van der Waals surface area contributed by atoms with Crippen LogP contribution in [0, 0.1) is 0 Å². The van der Waals surface area contributed by atoms with E-state index in [0.29, 0.717) is 23.7 Å². The van der Waals surface area contributed by atoms with Crippen molar-refractivity contribution in [2.24, 2.45) is 0 Å². The minimum Gasteiger partial charge on any atom is -0.497 e. The topological polar surface area (TPSA) is 67.9 Å². The van der Waals surface area contributed by atoms with Gasteiger partial charge in [0, 0.05) is 19.5 Å². The molecule has 0 radical (unpaired) electrons. The van der Waals surface area contributed by atoms with E-state index in [2.05, 4.69) is 12.2 Å². The lowest BCUT2D eigenvalue weighted by Gasteiger charge is -2.31. The Morgan fingerprint density at radius 3 is 2.30 bits per heavy atom. The maximum Gasteiger partial charge on any atom is 0.261 e. The number of carbonyl (C=O) groups is 2. The SMILES string of the molecule is CCCCCNC(=O)[C@@H](Cc1ccccc1)N(Cc1ccc(OC)cc1)C(=O)COc1ccccc1Cl. The Morgan fingerprint density at radius 2 is 1.62 bits per heavy atom. The first-order chi connectivity index (χ1) is 18.0. The largest absolute Gasteiger partial charge is 0.497 e. The van der Waals surface area contributed by atoms with Crippen LogP contribution >= 0.6 is 11.6 Å². The molecule has 0 spiro atoms. The van der Waals surface area contributed by atoms with Crippen LogP contribution in [0.5, 0.6) is 11.5 Å². The number of rotatable bonds is 14. The summed E-state index contributed by atoms with van der Waals surface area (Å²) >= 11 is 6.22. The summed E-state index contributed by atoms with van der Waals surface area (Å²) in [4.78, 5) is 28.7. The molecule has 0 saturated carbocycles. The van der Waals surface area contributed by atoms with Crippen LogP contribution < -0.4 is 14.8 Å². The zero-order chi connectivity index (χ0) is 26.5. The molecule has 0 heterocycles. The van der Waals surface area contributed by atoms with Gasteiger partial charge in [0.05, 0.1) is 12.1 Å². The van der Waals surface area contributed by atoms with E-state index in [9.17, 15) is 9.59 Å². The number of ether oxygens (including phenoxy) is 2. The third-order valence-corrected chi connectivity index (χ3v) is 6.36. The van der Waals surface area contributed by atoms with Crippen LogP contribution in [0.25, 0.3) is 0 Å². The molecule has 1 N–H and O–H groups in total. The highest BCUT2D eigenvalue weighted by atomic mass is 35.5. The average Bonchev–Trinajstić information content (AvgIpc) is 2.93. The molecule has 0 aliphatic rings. The molecule has 3 rings (SSSR count). The molecule has 3 aromatic carbocycles. The van der Waals surface area contributed by atoms with Gasteiger partial charge in [0.15, 0.2) is 6.61 Å². The van der Waals surface area contributed by atoms with Gasteiger partial charge in [0.2, 0.25) is 5.91 Å². The number of methoxy groups -OCH3 is 1. The monoisotopic (exact) mass is 522 g/mol. The van der Waals surface area contributed by atoms with Crippen molar-refractivity contribution in [2.75, 3.05) is 20.3 Å². The summed E-state index contributed by atoms with van der Waals surface area (Å²) in [6, 6.07) is 23.5. The minimum absolute atomic E-state index is 0.181. The molecule has 0 saturated heterocycles. The molecule has 37 heavy (non-hydrogen) atoms. The third kappa shape index (κ3) is 8.83. The molecule has 0 unspecified atom stereocenters. The van der Waals surface area contributed by atoms with Gasteiger partial charge in [-0.25, -0.2) is 0 Å². The van der Waals surface area contributed by atoms with Crippen LogP contribution in [-0.4, -0.2) is 43.0 Å². The van der Waals surface area contributed by atoms with E-state index in [0.717, 1.165) is 36.1 Å². The molecule has 2 amide bonds. The number of para-hydroxylation sites is 1. The molecular formula is C30H35ClN2O4. The second-order valence-corrected chi connectivity index (χ2v) is 9.20. The number of halogens is 1. The first-order valence-electron chi connectivity index (χ1n) is 12.6. The summed E-state index contributed by atoms with van der Waals surface area (Å²) in [7, 11) is 1.61. The number of amides is 2. The highest BCUT2D eigenvalue weighted by molar-refractivity contribution is 6.32. The van der Waals surface area contributed by atoms with Crippen LogP contribution in [-0.2, 0) is 22.6 Å². The van der Waals surface area contributed by atoms with Crippen molar-refractivity contribution in [3.8, 4) is 11.5 Å². The Morgan fingerprint density at radius 1 is 0.919 bits per heavy atom. The number of carbonyl (C=O) groups excluding carboxylic acids is 2. The van der Waals surface area contributed by atoms with Crippen molar-refractivity contribution < 1.29 is 19.1 Å². The summed E-state index contributed by atoms with van der Waals surface area (Å²) in [5, 5.41) is 3.47. The van der Waals surface area contributed by atoms with Crippen LogP contribution in [0.4, 0.5) is 0 Å². The van der Waals surface area contributed by atoms with Crippen molar-refractivity contribution in [3.05, 3.63) is 95.0 Å². The molecule has 0 aromatic heterocycles. The molecule has 6 nitrogen and oxygen atoms in total. The van der Waals surface area contributed by atoms with Crippen LogP contribution in [0.3, 0.4) is 0 Å². The highest BCUT2D eigenvalue weighted by Crippen LogP contribution is 2.24. The van der Waals surface area contributed by atoms with E-state index in [1.54, 1.807) is 36.3 Å². The zero-order valence-corrected chi connectivity index (χ0v) is 22.2. The van der Waals surface area contributed by atoms with E-state index in [4.69, 9.17) is 21.1 Å². The number of benzene rings is 3.